The molecule has 0 aliphatic carbocycles. The lowest BCUT2D eigenvalue weighted by molar-refractivity contribution is -0.117. The molecule has 1 aromatic carbocycles. The number of thiazole rings is 2. The van der Waals surface area contributed by atoms with Gasteiger partial charge in [0.1, 0.15) is 0 Å². The van der Waals surface area contributed by atoms with Crippen LogP contribution in [0.3, 0.4) is 0 Å². The maximum absolute atomic E-state index is 12.3. The molecule has 0 spiro atoms. The maximum atomic E-state index is 12.3. The summed E-state index contributed by atoms with van der Waals surface area (Å²) in [4.78, 5) is 34.6. The van der Waals surface area contributed by atoms with Crippen molar-refractivity contribution < 1.29 is 9.59 Å². The quantitative estimate of drug-likeness (QED) is 0.762. The first-order chi connectivity index (χ1) is 12.1. The van der Waals surface area contributed by atoms with Crippen LogP contribution in [0.1, 0.15) is 23.5 Å². The zero-order valence-corrected chi connectivity index (χ0v) is 15.2. The van der Waals surface area contributed by atoms with E-state index in [-0.39, 0.29) is 18.2 Å². The van der Waals surface area contributed by atoms with Crippen LogP contribution in [-0.2, 0) is 16.0 Å². The summed E-state index contributed by atoms with van der Waals surface area (Å²) in [5.41, 5.74) is 2.39. The molecule has 0 atom stereocenters. The van der Waals surface area contributed by atoms with Crippen molar-refractivity contribution in [1.29, 1.82) is 0 Å². The molecule has 4 rings (SSSR count). The van der Waals surface area contributed by atoms with Crippen molar-refractivity contribution in [2.45, 2.75) is 26.2 Å². The number of hydrogen-bond donors (Lipinski definition) is 1. The van der Waals surface area contributed by atoms with E-state index in [0.29, 0.717) is 23.8 Å². The van der Waals surface area contributed by atoms with Crippen LogP contribution in [0.5, 0.6) is 0 Å². The number of aryl methyl sites for hydroxylation is 1. The van der Waals surface area contributed by atoms with Crippen LogP contribution in [0.4, 0.5) is 10.8 Å². The highest BCUT2D eigenvalue weighted by Gasteiger charge is 2.24. The lowest BCUT2D eigenvalue weighted by Gasteiger charge is -2.10. The first-order valence-electron chi connectivity index (χ1n) is 8.00. The van der Waals surface area contributed by atoms with Gasteiger partial charge in [-0.1, -0.05) is 0 Å². The third-order valence-electron chi connectivity index (χ3n) is 3.96. The molecule has 6 nitrogen and oxygen atoms in total. The molecule has 128 valence electrons. The average molecular weight is 372 g/mol. The summed E-state index contributed by atoms with van der Waals surface area (Å²) < 4.78 is 1.05. The van der Waals surface area contributed by atoms with E-state index in [2.05, 4.69) is 15.3 Å². The number of nitrogens with zero attached hydrogens (tertiary/aromatic N) is 3. The Labute approximate surface area is 152 Å². The van der Waals surface area contributed by atoms with Crippen molar-refractivity contribution in [3.63, 3.8) is 0 Å². The molecule has 1 saturated heterocycles. The van der Waals surface area contributed by atoms with Gasteiger partial charge in [-0.3, -0.25) is 14.5 Å². The summed E-state index contributed by atoms with van der Waals surface area (Å²) in [5, 5.41) is 6.44. The fourth-order valence-electron chi connectivity index (χ4n) is 2.84. The van der Waals surface area contributed by atoms with Gasteiger partial charge in [0.05, 0.1) is 27.3 Å². The standard InChI is InChI=1S/C17H16N4O2S2/c1-10-18-13-5-4-11(7-14(13)25-10)19-15(22)8-12-9-24-17(20-12)21-6-2-3-16(21)23/h4-5,7,9H,2-3,6,8H2,1H3,(H,19,22). The molecule has 1 aliphatic heterocycles. The maximum Gasteiger partial charge on any atom is 0.230 e. The molecule has 8 heteroatoms. The summed E-state index contributed by atoms with van der Waals surface area (Å²) in [7, 11) is 0. The van der Waals surface area contributed by atoms with Crippen molar-refractivity contribution in [2.24, 2.45) is 0 Å². The van der Waals surface area contributed by atoms with Crippen LogP contribution in [0.2, 0.25) is 0 Å². The average Bonchev–Trinajstić information content (AvgIpc) is 3.26. The molecule has 1 N–H and O–H groups in total. The number of fused-ring (bicyclic) bond motifs is 1. The van der Waals surface area contributed by atoms with Gasteiger partial charge in [-0.2, -0.15) is 0 Å². The number of rotatable bonds is 4. The van der Waals surface area contributed by atoms with E-state index in [1.165, 1.54) is 11.3 Å². The normalized spacial score (nSPS) is 14.4. The summed E-state index contributed by atoms with van der Waals surface area (Å²) in [6.45, 7) is 2.68. The van der Waals surface area contributed by atoms with Crippen LogP contribution in [-0.4, -0.2) is 28.3 Å². The lowest BCUT2D eigenvalue weighted by atomic mass is 10.2. The predicted octanol–water partition coefficient (Wildman–Crippen LogP) is 3.37. The smallest absolute Gasteiger partial charge is 0.230 e. The molecular formula is C17H16N4O2S2. The van der Waals surface area contributed by atoms with Gasteiger partial charge in [0.25, 0.3) is 0 Å². The monoisotopic (exact) mass is 372 g/mol. The number of nitrogens with one attached hydrogen (secondary N) is 1. The first-order valence-corrected chi connectivity index (χ1v) is 9.70. The van der Waals surface area contributed by atoms with Crippen LogP contribution in [0.15, 0.2) is 23.6 Å². The van der Waals surface area contributed by atoms with Gasteiger partial charge < -0.3 is 5.32 Å². The van der Waals surface area contributed by atoms with Crippen molar-refractivity contribution in [2.75, 3.05) is 16.8 Å². The highest BCUT2D eigenvalue weighted by molar-refractivity contribution is 7.18. The van der Waals surface area contributed by atoms with Gasteiger partial charge in [-0.15, -0.1) is 22.7 Å². The molecule has 0 radical (unpaired) electrons. The molecule has 25 heavy (non-hydrogen) atoms. The van der Waals surface area contributed by atoms with Gasteiger partial charge in [0.2, 0.25) is 11.8 Å². The largest absolute Gasteiger partial charge is 0.326 e. The van der Waals surface area contributed by atoms with Crippen molar-refractivity contribution in [3.05, 3.63) is 34.3 Å². The van der Waals surface area contributed by atoms with Gasteiger partial charge in [-0.05, 0) is 31.5 Å². The van der Waals surface area contributed by atoms with E-state index in [4.69, 9.17) is 0 Å². The Bertz CT molecular complexity index is 963. The topological polar surface area (TPSA) is 75.2 Å². The van der Waals surface area contributed by atoms with E-state index >= 15 is 0 Å². The zero-order valence-electron chi connectivity index (χ0n) is 13.6. The Morgan fingerprint density at radius 1 is 1.36 bits per heavy atom. The second-order valence-corrected chi connectivity index (χ2v) is 7.98. The van der Waals surface area contributed by atoms with E-state index in [0.717, 1.165) is 27.3 Å². The minimum Gasteiger partial charge on any atom is -0.326 e. The second-order valence-electron chi connectivity index (χ2n) is 5.91. The lowest BCUT2D eigenvalue weighted by Crippen LogP contribution is -2.23. The van der Waals surface area contributed by atoms with Crippen molar-refractivity contribution in [3.8, 4) is 0 Å². The van der Waals surface area contributed by atoms with E-state index < -0.39 is 0 Å². The number of hydrogen-bond acceptors (Lipinski definition) is 6. The number of amides is 2. The Hall–Kier alpha value is -2.32. The summed E-state index contributed by atoms with van der Waals surface area (Å²) in [6.07, 6.45) is 1.64. The molecule has 3 aromatic rings. The van der Waals surface area contributed by atoms with E-state index in [1.807, 2.05) is 30.5 Å². The van der Waals surface area contributed by atoms with Gasteiger partial charge in [0.15, 0.2) is 5.13 Å². The highest BCUT2D eigenvalue weighted by atomic mass is 32.1. The minimum absolute atomic E-state index is 0.110. The number of benzene rings is 1. The van der Waals surface area contributed by atoms with Crippen molar-refractivity contribution in [1.82, 2.24) is 9.97 Å². The van der Waals surface area contributed by atoms with Gasteiger partial charge in [0, 0.05) is 24.0 Å². The van der Waals surface area contributed by atoms with Crippen LogP contribution in [0, 0.1) is 6.92 Å². The van der Waals surface area contributed by atoms with Gasteiger partial charge >= 0.3 is 0 Å². The molecule has 0 unspecified atom stereocenters. The number of carbonyl (C=O) groups is 2. The van der Waals surface area contributed by atoms with Crippen LogP contribution in [0.25, 0.3) is 10.2 Å². The summed E-state index contributed by atoms with van der Waals surface area (Å²) in [5.74, 6) is -0.0105. The highest BCUT2D eigenvalue weighted by Crippen LogP contribution is 2.26. The molecule has 0 saturated carbocycles. The third kappa shape index (κ3) is 3.40. The van der Waals surface area contributed by atoms with Crippen LogP contribution < -0.4 is 10.2 Å². The molecule has 2 aromatic heterocycles. The minimum atomic E-state index is -0.120. The summed E-state index contributed by atoms with van der Waals surface area (Å²) in [6, 6.07) is 5.70. The molecule has 1 aliphatic rings. The number of carbonyl (C=O) groups excluding carboxylic acids is 2. The predicted molar refractivity (Wildman–Crippen MR) is 100 cm³/mol. The Kier molecular flexibility index (Phi) is 4.22. The molecule has 3 heterocycles. The van der Waals surface area contributed by atoms with Gasteiger partial charge in [-0.25, -0.2) is 9.97 Å². The number of anilines is 2. The first kappa shape index (κ1) is 16.2. The third-order valence-corrected chi connectivity index (χ3v) is 5.81. The Morgan fingerprint density at radius 2 is 2.24 bits per heavy atom. The SMILES string of the molecule is Cc1nc2ccc(NC(=O)Cc3csc(N4CCCC4=O)n3)cc2s1. The summed E-state index contributed by atoms with van der Waals surface area (Å²) >= 11 is 3.02. The Balaban J connectivity index is 1.43. The molecular weight excluding hydrogens is 356 g/mol. The molecule has 1 fully saturated rings. The van der Waals surface area contributed by atoms with Crippen LogP contribution >= 0.6 is 22.7 Å². The van der Waals surface area contributed by atoms with E-state index in [9.17, 15) is 9.59 Å². The van der Waals surface area contributed by atoms with E-state index in [1.54, 1.807) is 16.2 Å². The number of aromatic nitrogens is 2. The fraction of sp³-hybridized carbons (Fsp3) is 0.294. The fourth-order valence-corrected chi connectivity index (χ4v) is 4.57. The molecule has 0 bridgehead atoms. The van der Waals surface area contributed by atoms with Crippen molar-refractivity contribution >= 4 is 55.5 Å². The molecule has 2 amide bonds. The second kappa shape index (κ2) is 6.53. The Morgan fingerprint density at radius 3 is 3.04 bits per heavy atom. The zero-order chi connectivity index (χ0) is 17.4.